The van der Waals surface area contributed by atoms with Crippen LogP contribution in [0.5, 0.6) is 0 Å². The number of anilines is 1. The second-order valence-corrected chi connectivity index (χ2v) is 6.29. The first-order chi connectivity index (χ1) is 9.42. The Balaban J connectivity index is 2.28. The third-order valence-electron chi connectivity index (χ3n) is 2.65. The predicted molar refractivity (Wildman–Crippen MR) is 77.3 cm³/mol. The number of imidazole rings is 1. The summed E-state index contributed by atoms with van der Waals surface area (Å²) < 4.78 is 28.6. The topological polar surface area (TPSA) is 76.9 Å². The van der Waals surface area contributed by atoms with Crippen LogP contribution in [-0.4, -0.2) is 23.0 Å². The zero-order valence-electron chi connectivity index (χ0n) is 11.2. The number of nitrogens with zero attached hydrogens (tertiary/aromatic N) is 3. The molecule has 20 heavy (non-hydrogen) atoms. The summed E-state index contributed by atoms with van der Waals surface area (Å²) in [5.41, 5.74) is 0. The van der Waals surface area contributed by atoms with Crippen molar-refractivity contribution in [3.05, 3.63) is 35.4 Å². The molecule has 0 atom stereocenters. The Morgan fingerprint density at radius 2 is 2.10 bits per heavy atom. The fourth-order valence-corrected chi connectivity index (χ4v) is 2.91. The summed E-state index contributed by atoms with van der Waals surface area (Å²) in [6.45, 7) is 4.51. The molecule has 1 N–H and O–H groups in total. The van der Waals surface area contributed by atoms with E-state index in [1.54, 1.807) is 23.6 Å². The Morgan fingerprint density at radius 3 is 2.75 bits per heavy atom. The van der Waals surface area contributed by atoms with Gasteiger partial charge in [0.25, 0.3) is 10.0 Å². The molecule has 6 nitrogen and oxygen atoms in total. The van der Waals surface area contributed by atoms with Gasteiger partial charge < -0.3 is 4.57 Å². The number of rotatable bonds is 5. The summed E-state index contributed by atoms with van der Waals surface area (Å²) in [6, 6.07) is 4.72. The van der Waals surface area contributed by atoms with Gasteiger partial charge in [0.2, 0.25) is 0 Å². The van der Waals surface area contributed by atoms with E-state index < -0.39 is 10.0 Å². The summed E-state index contributed by atoms with van der Waals surface area (Å²) in [5, 5.41) is 0.197. The quantitative estimate of drug-likeness (QED) is 0.860. The van der Waals surface area contributed by atoms with Crippen molar-refractivity contribution in [2.45, 2.75) is 31.8 Å². The lowest BCUT2D eigenvalue weighted by molar-refractivity contribution is 0.597. The second-order valence-electron chi connectivity index (χ2n) is 4.27. The number of sulfonamides is 1. The van der Waals surface area contributed by atoms with E-state index >= 15 is 0 Å². The summed E-state index contributed by atoms with van der Waals surface area (Å²) in [6.07, 6.45) is 2.42. The summed E-state index contributed by atoms with van der Waals surface area (Å²) in [4.78, 5) is 7.96. The molecule has 8 heteroatoms. The van der Waals surface area contributed by atoms with E-state index in [0.717, 1.165) is 13.0 Å². The third kappa shape index (κ3) is 3.29. The van der Waals surface area contributed by atoms with Crippen LogP contribution in [0.2, 0.25) is 5.15 Å². The van der Waals surface area contributed by atoms with Crippen LogP contribution in [0.25, 0.3) is 0 Å². The van der Waals surface area contributed by atoms with E-state index in [1.165, 1.54) is 12.3 Å². The molecule has 0 aliphatic rings. The van der Waals surface area contributed by atoms with Gasteiger partial charge in [0, 0.05) is 12.7 Å². The summed E-state index contributed by atoms with van der Waals surface area (Å²) in [5.74, 6) is 0.825. The van der Waals surface area contributed by atoms with Gasteiger partial charge in [0.1, 0.15) is 16.8 Å². The van der Waals surface area contributed by atoms with Gasteiger partial charge in [0.15, 0.2) is 5.03 Å². The zero-order chi connectivity index (χ0) is 14.8. The minimum absolute atomic E-state index is 0.0229. The minimum Gasteiger partial charge on any atom is -0.334 e. The van der Waals surface area contributed by atoms with Gasteiger partial charge in [0.05, 0.1) is 0 Å². The lowest BCUT2D eigenvalue weighted by Crippen LogP contribution is -2.14. The van der Waals surface area contributed by atoms with E-state index in [2.05, 4.69) is 14.7 Å². The Morgan fingerprint density at radius 1 is 1.35 bits per heavy atom. The van der Waals surface area contributed by atoms with Gasteiger partial charge in [-0.05, 0) is 25.5 Å². The highest BCUT2D eigenvalue weighted by molar-refractivity contribution is 7.92. The highest BCUT2D eigenvalue weighted by Crippen LogP contribution is 2.16. The molecule has 0 aliphatic heterocycles. The maximum atomic E-state index is 12.2. The first-order valence-corrected chi connectivity index (χ1v) is 7.97. The molecule has 2 rings (SSSR count). The molecule has 0 radical (unpaired) electrons. The number of halogens is 1. The van der Waals surface area contributed by atoms with E-state index in [4.69, 9.17) is 11.6 Å². The maximum absolute atomic E-state index is 12.2. The standard InChI is InChI=1S/C12H15ClN4O2S/c1-3-7-17-8-12(14-9(17)2)20(18,19)16-11-6-4-5-10(13)15-11/h4-6,8H,3,7H2,1-2H3,(H,15,16). The van der Waals surface area contributed by atoms with Crippen LogP contribution in [0.4, 0.5) is 5.82 Å². The molecule has 0 saturated carbocycles. The molecular weight excluding hydrogens is 300 g/mol. The van der Waals surface area contributed by atoms with Crippen LogP contribution in [0.1, 0.15) is 19.2 Å². The third-order valence-corrected chi connectivity index (χ3v) is 4.08. The van der Waals surface area contributed by atoms with Gasteiger partial charge in [-0.15, -0.1) is 0 Å². The maximum Gasteiger partial charge on any atom is 0.282 e. The van der Waals surface area contributed by atoms with Gasteiger partial charge in [-0.2, -0.15) is 8.42 Å². The average Bonchev–Trinajstić information content (AvgIpc) is 2.72. The molecule has 0 unspecified atom stereocenters. The Kier molecular flexibility index (Phi) is 4.29. The lowest BCUT2D eigenvalue weighted by Gasteiger charge is -2.04. The second kappa shape index (κ2) is 5.80. The summed E-state index contributed by atoms with van der Waals surface area (Å²) in [7, 11) is -3.75. The minimum atomic E-state index is -3.75. The molecule has 0 bridgehead atoms. The molecule has 0 aromatic carbocycles. The van der Waals surface area contributed by atoms with E-state index in [-0.39, 0.29) is 16.0 Å². The van der Waals surface area contributed by atoms with Crippen LogP contribution in [0.3, 0.4) is 0 Å². The SMILES string of the molecule is CCCn1cc(S(=O)(=O)Nc2cccc(Cl)n2)nc1C. The zero-order valence-corrected chi connectivity index (χ0v) is 12.7. The van der Waals surface area contributed by atoms with Crippen molar-refractivity contribution >= 4 is 27.4 Å². The Labute approximate surface area is 122 Å². The normalized spacial score (nSPS) is 11.6. The van der Waals surface area contributed by atoms with Crippen molar-refractivity contribution in [3.8, 4) is 0 Å². The fourth-order valence-electron chi connectivity index (χ4n) is 1.73. The number of hydrogen-bond donors (Lipinski definition) is 1. The Hall–Kier alpha value is -1.60. The van der Waals surface area contributed by atoms with Crippen molar-refractivity contribution in [1.29, 1.82) is 0 Å². The molecule has 2 heterocycles. The number of aryl methyl sites for hydroxylation is 2. The monoisotopic (exact) mass is 314 g/mol. The molecule has 2 aromatic rings. The highest BCUT2D eigenvalue weighted by Gasteiger charge is 2.19. The predicted octanol–water partition coefficient (Wildman–Crippen LogP) is 2.45. The number of aromatic nitrogens is 3. The largest absolute Gasteiger partial charge is 0.334 e. The van der Waals surface area contributed by atoms with E-state index in [1.807, 2.05) is 6.92 Å². The van der Waals surface area contributed by atoms with Gasteiger partial charge in [-0.3, -0.25) is 4.72 Å². The van der Waals surface area contributed by atoms with E-state index in [0.29, 0.717) is 5.82 Å². The molecule has 2 aromatic heterocycles. The number of pyridine rings is 1. The van der Waals surface area contributed by atoms with Crippen LogP contribution in [-0.2, 0) is 16.6 Å². The number of nitrogens with one attached hydrogen (secondary N) is 1. The summed E-state index contributed by atoms with van der Waals surface area (Å²) >= 11 is 5.72. The Bertz CT molecular complexity index is 712. The lowest BCUT2D eigenvalue weighted by atomic mass is 10.5. The van der Waals surface area contributed by atoms with Crippen LogP contribution >= 0.6 is 11.6 Å². The van der Waals surface area contributed by atoms with Gasteiger partial charge >= 0.3 is 0 Å². The average molecular weight is 315 g/mol. The highest BCUT2D eigenvalue weighted by atomic mass is 35.5. The van der Waals surface area contributed by atoms with Crippen molar-refractivity contribution in [2.75, 3.05) is 4.72 Å². The molecule has 0 spiro atoms. The first kappa shape index (κ1) is 14.8. The first-order valence-electron chi connectivity index (χ1n) is 6.11. The number of hydrogen-bond acceptors (Lipinski definition) is 4. The smallest absolute Gasteiger partial charge is 0.282 e. The fraction of sp³-hybridized carbons (Fsp3) is 0.333. The van der Waals surface area contributed by atoms with Crippen LogP contribution in [0.15, 0.2) is 29.4 Å². The van der Waals surface area contributed by atoms with E-state index in [9.17, 15) is 8.42 Å². The molecule has 108 valence electrons. The molecule has 0 fully saturated rings. The molecule has 0 amide bonds. The van der Waals surface area contributed by atoms with Crippen LogP contribution in [0, 0.1) is 6.92 Å². The van der Waals surface area contributed by atoms with Crippen molar-refractivity contribution in [3.63, 3.8) is 0 Å². The van der Waals surface area contributed by atoms with Crippen molar-refractivity contribution < 1.29 is 8.42 Å². The van der Waals surface area contributed by atoms with Crippen molar-refractivity contribution in [2.24, 2.45) is 0 Å². The van der Waals surface area contributed by atoms with Crippen LogP contribution < -0.4 is 4.72 Å². The van der Waals surface area contributed by atoms with Gasteiger partial charge in [-0.25, -0.2) is 9.97 Å². The molecule has 0 saturated heterocycles. The van der Waals surface area contributed by atoms with Gasteiger partial charge in [-0.1, -0.05) is 24.6 Å². The van der Waals surface area contributed by atoms with Crippen molar-refractivity contribution in [1.82, 2.24) is 14.5 Å². The molecule has 0 aliphatic carbocycles. The molecular formula is C12H15ClN4O2S.